The van der Waals surface area contributed by atoms with Crippen LogP contribution in [0.4, 0.5) is 14.5 Å². The number of hydrogen-bond acceptors (Lipinski definition) is 3. The van der Waals surface area contributed by atoms with E-state index in [4.69, 9.17) is 16.9 Å². The Morgan fingerprint density at radius 1 is 1.29 bits per heavy atom. The van der Waals surface area contributed by atoms with Crippen molar-refractivity contribution in [1.29, 1.82) is 5.26 Å². The minimum absolute atomic E-state index is 0.0280. The number of anilines is 1. The molecule has 0 saturated carbocycles. The van der Waals surface area contributed by atoms with Crippen LogP contribution in [0.25, 0.3) is 0 Å². The summed E-state index contributed by atoms with van der Waals surface area (Å²) in [6.45, 7) is 3.82. The summed E-state index contributed by atoms with van der Waals surface area (Å²) >= 11 is 6.10. The van der Waals surface area contributed by atoms with Crippen molar-refractivity contribution >= 4 is 23.2 Å². The Bertz CT molecular complexity index is 942. The predicted octanol–water partition coefficient (Wildman–Crippen LogP) is 4.52. The highest BCUT2D eigenvalue weighted by Crippen LogP contribution is 2.30. The lowest BCUT2D eigenvalue weighted by Crippen LogP contribution is -2.45. The van der Waals surface area contributed by atoms with Crippen LogP contribution in [0.3, 0.4) is 0 Å². The third-order valence-electron chi connectivity index (χ3n) is 4.95. The van der Waals surface area contributed by atoms with Crippen LogP contribution in [0, 0.1) is 23.0 Å². The number of nitriles is 1. The van der Waals surface area contributed by atoms with E-state index in [1.54, 1.807) is 23.1 Å². The second-order valence-electron chi connectivity index (χ2n) is 7.16. The molecule has 1 aliphatic heterocycles. The van der Waals surface area contributed by atoms with Gasteiger partial charge in [0.1, 0.15) is 17.7 Å². The molecule has 1 unspecified atom stereocenters. The topological polar surface area (TPSA) is 56.1 Å². The minimum atomic E-state index is -0.633. The lowest BCUT2D eigenvalue weighted by molar-refractivity contribution is -0.130. The lowest BCUT2D eigenvalue weighted by atomic mass is 9.98. The maximum absolute atomic E-state index is 14.2. The van der Waals surface area contributed by atoms with Crippen molar-refractivity contribution in [2.24, 2.45) is 0 Å². The van der Waals surface area contributed by atoms with E-state index in [0.717, 1.165) is 6.07 Å². The van der Waals surface area contributed by atoms with Crippen LogP contribution in [0.1, 0.15) is 31.4 Å². The Morgan fingerprint density at radius 2 is 2.04 bits per heavy atom. The number of carbonyl (C=O) groups excluding carboxylic acids is 1. The first-order chi connectivity index (χ1) is 13.3. The third kappa shape index (κ3) is 4.10. The molecule has 4 nitrogen and oxygen atoms in total. The summed E-state index contributed by atoms with van der Waals surface area (Å²) in [4.78, 5) is 14.3. The number of amides is 1. The monoisotopic (exact) mass is 403 g/mol. The first-order valence-corrected chi connectivity index (χ1v) is 9.39. The Kier molecular flexibility index (Phi) is 5.85. The molecule has 0 aromatic heterocycles. The van der Waals surface area contributed by atoms with Gasteiger partial charge < -0.3 is 10.2 Å². The number of benzene rings is 2. The maximum Gasteiger partial charge on any atom is 0.225 e. The fraction of sp³-hybridized carbons (Fsp3) is 0.333. The van der Waals surface area contributed by atoms with Crippen LogP contribution >= 0.6 is 11.6 Å². The van der Waals surface area contributed by atoms with Crippen LogP contribution in [0.15, 0.2) is 36.4 Å². The molecular formula is C21H20ClF2N3O. The molecule has 0 spiro atoms. The van der Waals surface area contributed by atoms with E-state index in [-0.39, 0.29) is 36.9 Å². The summed E-state index contributed by atoms with van der Waals surface area (Å²) in [6.07, 6.45) is 0.515. The van der Waals surface area contributed by atoms with Gasteiger partial charge in [-0.3, -0.25) is 4.79 Å². The van der Waals surface area contributed by atoms with E-state index in [0.29, 0.717) is 21.8 Å². The zero-order valence-corrected chi connectivity index (χ0v) is 16.3. The van der Waals surface area contributed by atoms with Gasteiger partial charge in [-0.15, -0.1) is 0 Å². The average molecular weight is 404 g/mol. The van der Waals surface area contributed by atoms with E-state index >= 15 is 0 Å². The predicted molar refractivity (Wildman–Crippen MR) is 104 cm³/mol. The van der Waals surface area contributed by atoms with Crippen LogP contribution in [-0.2, 0) is 11.2 Å². The number of halogens is 3. The van der Waals surface area contributed by atoms with E-state index in [2.05, 4.69) is 5.32 Å². The number of likely N-dealkylation sites (tertiary alicyclic amines) is 1. The van der Waals surface area contributed by atoms with Crippen molar-refractivity contribution in [3.8, 4) is 6.07 Å². The number of carbonyl (C=O) groups is 1. The number of rotatable bonds is 5. The van der Waals surface area contributed by atoms with Crippen LogP contribution < -0.4 is 5.32 Å². The quantitative estimate of drug-likeness (QED) is 0.798. The van der Waals surface area contributed by atoms with Gasteiger partial charge in [0.05, 0.1) is 22.7 Å². The molecule has 1 N–H and O–H groups in total. The number of nitrogens with one attached hydrogen (secondary N) is 1. The minimum Gasteiger partial charge on any atom is -0.380 e. The molecule has 0 radical (unpaired) electrons. The zero-order valence-electron chi connectivity index (χ0n) is 15.5. The molecule has 0 aliphatic carbocycles. The SMILES string of the molecule is CC(C)N1C(=O)C[C@H](Nc2ccc(C#N)c(Cl)c2)C1Cc1ccc(F)cc1F. The van der Waals surface area contributed by atoms with Crippen LogP contribution in [-0.4, -0.2) is 28.9 Å². The van der Waals surface area contributed by atoms with Crippen molar-refractivity contribution in [2.45, 2.75) is 44.8 Å². The highest BCUT2D eigenvalue weighted by Gasteiger charge is 2.41. The van der Waals surface area contributed by atoms with E-state index in [9.17, 15) is 13.6 Å². The van der Waals surface area contributed by atoms with E-state index < -0.39 is 11.6 Å². The van der Waals surface area contributed by atoms with Gasteiger partial charge in [0, 0.05) is 24.2 Å². The van der Waals surface area contributed by atoms with E-state index in [1.807, 2.05) is 19.9 Å². The van der Waals surface area contributed by atoms with Gasteiger partial charge in [0.2, 0.25) is 5.91 Å². The smallest absolute Gasteiger partial charge is 0.225 e. The third-order valence-corrected chi connectivity index (χ3v) is 5.26. The van der Waals surface area contributed by atoms with Gasteiger partial charge in [0.25, 0.3) is 0 Å². The standard InChI is InChI=1S/C21H20ClF2N3O/c1-12(2)27-20(7-13-3-5-15(23)8-18(13)24)19(10-21(27)28)26-16-6-4-14(11-25)17(22)9-16/h3-6,8-9,12,19-20,26H,7,10H2,1-2H3/t19-,20?/m0/s1. The second-order valence-corrected chi connectivity index (χ2v) is 7.57. The zero-order chi connectivity index (χ0) is 20.4. The number of hydrogen-bond donors (Lipinski definition) is 1. The van der Waals surface area contributed by atoms with Gasteiger partial charge in [-0.2, -0.15) is 5.26 Å². The largest absolute Gasteiger partial charge is 0.380 e. The molecule has 7 heteroatoms. The highest BCUT2D eigenvalue weighted by molar-refractivity contribution is 6.32. The van der Waals surface area contributed by atoms with Gasteiger partial charge in [-0.25, -0.2) is 8.78 Å². The number of nitrogens with zero attached hydrogens (tertiary/aromatic N) is 2. The molecule has 2 atom stereocenters. The molecule has 0 bridgehead atoms. The molecule has 146 valence electrons. The molecule has 28 heavy (non-hydrogen) atoms. The second kappa shape index (κ2) is 8.15. The normalized spacial score (nSPS) is 19.2. The Balaban J connectivity index is 1.88. The van der Waals surface area contributed by atoms with Crippen LogP contribution in [0.2, 0.25) is 5.02 Å². The maximum atomic E-state index is 14.2. The first-order valence-electron chi connectivity index (χ1n) is 9.01. The van der Waals surface area contributed by atoms with Crippen molar-refractivity contribution < 1.29 is 13.6 Å². The summed E-state index contributed by atoms with van der Waals surface area (Å²) in [7, 11) is 0. The van der Waals surface area contributed by atoms with Crippen LogP contribution in [0.5, 0.6) is 0 Å². The summed E-state index contributed by atoms with van der Waals surface area (Å²) in [5, 5.41) is 12.6. The van der Waals surface area contributed by atoms with Crippen molar-refractivity contribution in [1.82, 2.24) is 4.90 Å². The van der Waals surface area contributed by atoms with Crippen molar-refractivity contribution in [2.75, 3.05) is 5.32 Å². The fourth-order valence-electron chi connectivity index (χ4n) is 3.69. The fourth-order valence-corrected chi connectivity index (χ4v) is 3.91. The highest BCUT2D eigenvalue weighted by atomic mass is 35.5. The molecule has 1 heterocycles. The first kappa shape index (κ1) is 20.1. The summed E-state index contributed by atoms with van der Waals surface area (Å²) in [6, 6.07) is 9.83. The molecular weight excluding hydrogens is 384 g/mol. The molecule has 1 saturated heterocycles. The summed E-state index contributed by atoms with van der Waals surface area (Å²) in [5.74, 6) is -1.28. The Labute approximate surface area is 167 Å². The molecule has 1 fully saturated rings. The van der Waals surface area contributed by atoms with Gasteiger partial charge in [0.15, 0.2) is 0 Å². The van der Waals surface area contributed by atoms with Crippen molar-refractivity contribution in [3.63, 3.8) is 0 Å². The Morgan fingerprint density at radius 3 is 2.64 bits per heavy atom. The van der Waals surface area contributed by atoms with Gasteiger partial charge >= 0.3 is 0 Å². The molecule has 2 aromatic rings. The molecule has 2 aromatic carbocycles. The van der Waals surface area contributed by atoms with Gasteiger partial charge in [-0.1, -0.05) is 17.7 Å². The van der Waals surface area contributed by atoms with E-state index in [1.165, 1.54) is 12.1 Å². The van der Waals surface area contributed by atoms with Gasteiger partial charge in [-0.05, 0) is 50.1 Å². The molecule has 1 amide bonds. The summed E-state index contributed by atoms with van der Waals surface area (Å²) in [5.41, 5.74) is 1.40. The molecule has 3 rings (SSSR count). The summed E-state index contributed by atoms with van der Waals surface area (Å²) < 4.78 is 27.4. The lowest BCUT2D eigenvalue weighted by Gasteiger charge is -2.32. The van der Waals surface area contributed by atoms with Crippen molar-refractivity contribution in [3.05, 3.63) is 64.2 Å². The molecule has 1 aliphatic rings. The Hall–Kier alpha value is -2.65. The average Bonchev–Trinajstić information content (AvgIpc) is 2.92.